The fourth-order valence-corrected chi connectivity index (χ4v) is 5.01. The first-order valence-electron chi connectivity index (χ1n) is 11.4. The molecule has 0 radical (unpaired) electrons. The fourth-order valence-electron chi connectivity index (χ4n) is 5.01. The molecule has 2 fully saturated rings. The number of hydrogen-bond donors (Lipinski definition) is 2. The number of nitrogens with one attached hydrogen (secondary N) is 2. The Morgan fingerprint density at radius 1 is 1.00 bits per heavy atom. The Kier molecular flexibility index (Phi) is 6.19. The number of ether oxygens (including phenoxy) is 3. The first kappa shape index (κ1) is 22.9. The van der Waals surface area contributed by atoms with Crippen molar-refractivity contribution in [3.8, 4) is 11.5 Å². The van der Waals surface area contributed by atoms with E-state index in [0.29, 0.717) is 29.4 Å². The van der Waals surface area contributed by atoms with E-state index in [0.717, 1.165) is 11.3 Å². The molecular weight excluding hydrogens is 450 g/mol. The van der Waals surface area contributed by atoms with Gasteiger partial charge < -0.3 is 23.5 Å². The maximum Gasteiger partial charge on any atom is 0.338 e. The van der Waals surface area contributed by atoms with Gasteiger partial charge in [0.25, 0.3) is 0 Å². The molecule has 1 aromatic heterocycles. The van der Waals surface area contributed by atoms with Crippen molar-refractivity contribution < 1.29 is 28.2 Å². The summed E-state index contributed by atoms with van der Waals surface area (Å²) < 4.78 is 21.8. The molecule has 182 valence electrons. The van der Waals surface area contributed by atoms with E-state index >= 15 is 0 Å². The number of fused-ring (bicyclic) bond motifs is 1. The number of amides is 1. The van der Waals surface area contributed by atoms with Gasteiger partial charge in [0.1, 0.15) is 11.8 Å². The Balaban J connectivity index is 1.59. The lowest BCUT2D eigenvalue weighted by Crippen LogP contribution is -2.41. The molecule has 0 aliphatic carbocycles. The van der Waals surface area contributed by atoms with Crippen molar-refractivity contribution in [3.05, 3.63) is 77.7 Å². The summed E-state index contributed by atoms with van der Waals surface area (Å²) in [6, 6.07) is 15.2. The standard InChI is InChI=1S/C26H27N3O6/c1-4-34-26(31)15-7-10-17(11-8-15)29-24(16-9-12-18(32-2)20(14-16)33-3)21-22(19-6-5-13-35-19)27-28-23(21)25(29)30/h5-14,21-24,27-28H,4H2,1-3H3. The highest BCUT2D eigenvalue weighted by Gasteiger charge is 2.56. The predicted octanol–water partition coefficient (Wildman–Crippen LogP) is 3.40. The Bertz CT molecular complexity index is 1210. The average Bonchev–Trinajstić information content (AvgIpc) is 3.62. The quantitative estimate of drug-likeness (QED) is 0.500. The van der Waals surface area contributed by atoms with Gasteiger partial charge in [-0.3, -0.25) is 4.79 Å². The maximum atomic E-state index is 13.7. The van der Waals surface area contributed by atoms with Crippen molar-refractivity contribution in [2.24, 2.45) is 5.92 Å². The smallest absolute Gasteiger partial charge is 0.338 e. The molecule has 4 atom stereocenters. The molecule has 2 N–H and O–H groups in total. The van der Waals surface area contributed by atoms with Crippen molar-refractivity contribution in [1.82, 2.24) is 10.9 Å². The topological polar surface area (TPSA) is 102 Å². The van der Waals surface area contributed by atoms with Crippen LogP contribution in [-0.2, 0) is 9.53 Å². The maximum absolute atomic E-state index is 13.7. The van der Waals surface area contributed by atoms with Gasteiger partial charge in [0.05, 0.1) is 44.7 Å². The number of rotatable bonds is 7. The molecule has 0 bridgehead atoms. The van der Waals surface area contributed by atoms with E-state index in [2.05, 4.69) is 10.9 Å². The molecule has 0 spiro atoms. The van der Waals surface area contributed by atoms with Crippen molar-refractivity contribution in [1.29, 1.82) is 0 Å². The summed E-state index contributed by atoms with van der Waals surface area (Å²) in [5.41, 5.74) is 8.41. The van der Waals surface area contributed by atoms with E-state index in [4.69, 9.17) is 18.6 Å². The molecule has 4 unspecified atom stereocenters. The second kappa shape index (κ2) is 9.44. The molecule has 2 aliphatic heterocycles. The Hall–Kier alpha value is -3.82. The molecule has 5 rings (SSSR count). The fraction of sp³-hybridized carbons (Fsp3) is 0.308. The van der Waals surface area contributed by atoms with Gasteiger partial charge in [-0.05, 0) is 61.0 Å². The highest BCUT2D eigenvalue weighted by molar-refractivity contribution is 6.02. The van der Waals surface area contributed by atoms with Crippen LogP contribution in [0.3, 0.4) is 0 Å². The van der Waals surface area contributed by atoms with Crippen LogP contribution in [-0.4, -0.2) is 38.7 Å². The third-order valence-corrected chi connectivity index (χ3v) is 6.57. The van der Waals surface area contributed by atoms with E-state index in [1.165, 1.54) is 0 Å². The van der Waals surface area contributed by atoms with Gasteiger partial charge in [-0.1, -0.05) is 6.07 Å². The van der Waals surface area contributed by atoms with Gasteiger partial charge in [-0.15, -0.1) is 0 Å². The van der Waals surface area contributed by atoms with Crippen LogP contribution < -0.4 is 25.2 Å². The van der Waals surface area contributed by atoms with Crippen LogP contribution in [0.25, 0.3) is 0 Å². The number of methoxy groups -OCH3 is 2. The van der Waals surface area contributed by atoms with E-state index < -0.39 is 12.0 Å². The highest BCUT2D eigenvalue weighted by atomic mass is 16.5. The van der Waals surface area contributed by atoms with Crippen molar-refractivity contribution in [3.63, 3.8) is 0 Å². The largest absolute Gasteiger partial charge is 0.493 e. The molecule has 3 heterocycles. The molecule has 35 heavy (non-hydrogen) atoms. The number of hydrogen-bond acceptors (Lipinski definition) is 8. The van der Waals surface area contributed by atoms with Crippen LogP contribution in [0.1, 0.15) is 40.7 Å². The molecule has 1 amide bonds. The van der Waals surface area contributed by atoms with E-state index in [1.807, 2.05) is 30.3 Å². The molecule has 2 aliphatic rings. The first-order valence-corrected chi connectivity index (χ1v) is 11.4. The number of carbonyl (C=O) groups excluding carboxylic acids is 2. The molecule has 9 nitrogen and oxygen atoms in total. The lowest BCUT2D eigenvalue weighted by atomic mass is 9.85. The molecule has 2 saturated heterocycles. The summed E-state index contributed by atoms with van der Waals surface area (Å²) in [4.78, 5) is 27.6. The van der Waals surface area contributed by atoms with Gasteiger partial charge in [0.15, 0.2) is 11.5 Å². The number of furan rings is 1. The minimum Gasteiger partial charge on any atom is -0.493 e. The van der Waals surface area contributed by atoms with Crippen LogP contribution in [0.2, 0.25) is 0 Å². The van der Waals surface area contributed by atoms with Crippen LogP contribution in [0, 0.1) is 5.92 Å². The molecular formula is C26H27N3O6. The number of carbonyl (C=O) groups is 2. The Labute approximate surface area is 202 Å². The van der Waals surface area contributed by atoms with Gasteiger partial charge in [-0.25, -0.2) is 15.6 Å². The van der Waals surface area contributed by atoms with Crippen LogP contribution in [0.15, 0.2) is 65.3 Å². The third-order valence-electron chi connectivity index (χ3n) is 6.57. The normalized spacial score (nSPS) is 23.3. The number of benzene rings is 2. The monoisotopic (exact) mass is 477 g/mol. The van der Waals surface area contributed by atoms with E-state index in [9.17, 15) is 9.59 Å². The molecule has 0 saturated carbocycles. The Morgan fingerprint density at radius 3 is 2.40 bits per heavy atom. The summed E-state index contributed by atoms with van der Waals surface area (Å²) in [6.07, 6.45) is 1.62. The second-order valence-electron chi connectivity index (χ2n) is 8.37. The zero-order valence-corrected chi connectivity index (χ0v) is 19.7. The van der Waals surface area contributed by atoms with E-state index in [1.54, 1.807) is 56.6 Å². The summed E-state index contributed by atoms with van der Waals surface area (Å²) >= 11 is 0. The summed E-state index contributed by atoms with van der Waals surface area (Å²) in [6.45, 7) is 2.06. The second-order valence-corrected chi connectivity index (χ2v) is 8.37. The van der Waals surface area contributed by atoms with Gasteiger partial charge in [-0.2, -0.15) is 0 Å². The number of esters is 1. The Morgan fingerprint density at radius 2 is 1.74 bits per heavy atom. The van der Waals surface area contributed by atoms with Gasteiger partial charge >= 0.3 is 5.97 Å². The predicted molar refractivity (Wildman–Crippen MR) is 127 cm³/mol. The summed E-state index contributed by atoms with van der Waals surface area (Å²) in [5.74, 6) is 1.25. The van der Waals surface area contributed by atoms with Crippen LogP contribution >= 0.6 is 0 Å². The highest BCUT2D eigenvalue weighted by Crippen LogP contribution is 2.50. The van der Waals surface area contributed by atoms with E-state index in [-0.39, 0.29) is 23.9 Å². The number of anilines is 1. The summed E-state index contributed by atoms with van der Waals surface area (Å²) in [7, 11) is 3.17. The minimum absolute atomic E-state index is 0.0831. The molecule has 9 heteroatoms. The van der Waals surface area contributed by atoms with Crippen LogP contribution in [0.4, 0.5) is 5.69 Å². The lowest BCUT2D eigenvalue weighted by molar-refractivity contribution is -0.119. The minimum atomic E-state index is -0.479. The molecule has 2 aromatic carbocycles. The molecule has 3 aromatic rings. The zero-order valence-electron chi connectivity index (χ0n) is 19.7. The van der Waals surface area contributed by atoms with Gasteiger partial charge in [0.2, 0.25) is 5.91 Å². The van der Waals surface area contributed by atoms with Crippen LogP contribution in [0.5, 0.6) is 11.5 Å². The number of nitrogens with zero attached hydrogens (tertiary/aromatic N) is 1. The van der Waals surface area contributed by atoms with Crippen molar-refractivity contribution in [2.45, 2.75) is 25.0 Å². The number of hydrazine groups is 1. The zero-order chi connectivity index (χ0) is 24.5. The van der Waals surface area contributed by atoms with Crippen molar-refractivity contribution >= 4 is 17.6 Å². The van der Waals surface area contributed by atoms with Crippen molar-refractivity contribution in [2.75, 3.05) is 25.7 Å². The lowest BCUT2D eigenvalue weighted by Gasteiger charge is -2.31. The van der Waals surface area contributed by atoms with Gasteiger partial charge in [0, 0.05) is 11.6 Å². The third kappa shape index (κ3) is 3.92. The summed E-state index contributed by atoms with van der Waals surface area (Å²) in [5, 5.41) is 0. The average molecular weight is 478 g/mol. The first-order chi connectivity index (χ1) is 17.1. The SMILES string of the molecule is CCOC(=O)c1ccc(N2C(=O)C3NNC(c4ccco4)C3C2c2ccc(OC)c(OC)c2)cc1.